The van der Waals surface area contributed by atoms with Crippen molar-refractivity contribution in [3.8, 4) is 11.3 Å². The molecule has 2 heterocycles. The average Bonchev–Trinajstić information content (AvgIpc) is 2.87. The third kappa shape index (κ3) is 1.25. The van der Waals surface area contributed by atoms with Crippen molar-refractivity contribution in [2.24, 2.45) is 7.05 Å². The first-order valence-electron chi connectivity index (χ1n) is 5.04. The monoisotopic (exact) mass is 215 g/mol. The number of furan rings is 1. The summed E-state index contributed by atoms with van der Waals surface area (Å²) >= 11 is 0. The third-order valence-corrected chi connectivity index (χ3v) is 2.72. The van der Waals surface area contributed by atoms with E-state index < -0.39 is 0 Å². The molecule has 0 saturated carbocycles. The minimum atomic E-state index is -0.245. The Morgan fingerprint density at radius 2 is 2.12 bits per heavy atom. The minimum Gasteiger partial charge on any atom is -0.464 e. The van der Waals surface area contributed by atoms with Crippen molar-refractivity contribution in [3.63, 3.8) is 0 Å². The summed E-state index contributed by atoms with van der Waals surface area (Å²) in [4.78, 5) is 0. The molecule has 0 spiro atoms. The van der Waals surface area contributed by atoms with Crippen LogP contribution in [0.5, 0.6) is 0 Å². The van der Waals surface area contributed by atoms with Gasteiger partial charge in [-0.25, -0.2) is 4.39 Å². The predicted octanol–water partition coefficient (Wildman–Crippen LogP) is 3.58. The molecule has 0 saturated heterocycles. The molecule has 0 N–H and O–H groups in total. The van der Waals surface area contributed by atoms with Crippen molar-refractivity contribution in [1.82, 2.24) is 4.57 Å². The molecule has 0 unspecified atom stereocenters. The third-order valence-electron chi connectivity index (χ3n) is 2.72. The van der Waals surface area contributed by atoms with E-state index in [0.717, 1.165) is 16.5 Å². The van der Waals surface area contributed by atoms with Gasteiger partial charge < -0.3 is 8.98 Å². The maximum Gasteiger partial charge on any atom is 0.136 e. The summed E-state index contributed by atoms with van der Waals surface area (Å²) in [6.45, 7) is 0. The molecule has 3 heteroatoms. The molecule has 3 aromatic rings. The van der Waals surface area contributed by atoms with Gasteiger partial charge in [0.05, 0.1) is 11.8 Å². The van der Waals surface area contributed by atoms with Crippen LogP contribution in [0.2, 0.25) is 0 Å². The van der Waals surface area contributed by atoms with Gasteiger partial charge in [-0.1, -0.05) is 0 Å². The first-order valence-corrected chi connectivity index (χ1v) is 5.04. The van der Waals surface area contributed by atoms with Crippen molar-refractivity contribution < 1.29 is 8.81 Å². The standard InChI is InChI=1S/C13H10FNO/c1-15-5-4-9-7-10(14)8-11(13(9)15)12-3-2-6-16-12/h2-8H,1H3. The quantitative estimate of drug-likeness (QED) is 0.606. The SMILES string of the molecule is Cn1ccc2cc(F)cc(-c3ccco3)c21. The Bertz CT molecular complexity index is 637. The molecule has 2 aromatic heterocycles. The molecule has 3 rings (SSSR count). The second kappa shape index (κ2) is 3.23. The van der Waals surface area contributed by atoms with Crippen LogP contribution in [0.25, 0.3) is 22.2 Å². The predicted molar refractivity (Wildman–Crippen MR) is 60.6 cm³/mol. The van der Waals surface area contributed by atoms with Crippen LogP contribution in [0, 0.1) is 5.82 Å². The van der Waals surface area contributed by atoms with Gasteiger partial charge in [-0.05, 0) is 30.3 Å². The molecular weight excluding hydrogens is 205 g/mol. The lowest BCUT2D eigenvalue weighted by Crippen LogP contribution is -1.88. The van der Waals surface area contributed by atoms with Crippen molar-refractivity contribution >= 4 is 10.9 Å². The number of hydrogen-bond acceptors (Lipinski definition) is 1. The number of aromatic nitrogens is 1. The summed E-state index contributed by atoms with van der Waals surface area (Å²) in [6.07, 6.45) is 3.51. The van der Waals surface area contributed by atoms with E-state index in [-0.39, 0.29) is 5.82 Å². The highest BCUT2D eigenvalue weighted by Crippen LogP contribution is 2.30. The Morgan fingerprint density at radius 1 is 1.25 bits per heavy atom. The maximum absolute atomic E-state index is 13.4. The molecule has 0 aliphatic rings. The van der Waals surface area contributed by atoms with E-state index in [4.69, 9.17) is 4.42 Å². The Labute approximate surface area is 91.9 Å². The lowest BCUT2D eigenvalue weighted by atomic mass is 10.1. The van der Waals surface area contributed by atoms with Crippen LogP contribution in [-0.2, 0) is 7.05 Å². The average molecular weight is 215 g/mol. The normalized spacial score (nSPS) is 11.1. The molecule has 0 aliphatic heterocycles. The molecule has 0 fully saturated rings. The van der Waals surface area contributed by atoms with E-state index in [1.165, 1.54) is 12.1 Å². The zero-order chi connectivity index (χ0) is 11.1. The van der Waals surface area contributed by atoms with Gasteiger partial charge in [-0.2, -0.15) is 0 Å². The number of aryl methyl sites for hydroxylation is 1. The molecule has 0 bridgehead atoms. The van der Waals surface area contributed by atoms with E-state index in [9.17, 15) is 4.39 Å². The van der Waals surface area contributed by atoms with Crippen LogP contribution in [0.4, 0.5) is 4.39 Å². The molecule has 0 aliphatic carbocycles. The second-order valence-electron chi connectivity index (χ2n) is 3.80. The highest BCUT2D eigenvalue weighted by molar-refractivity contribution is 5.93. The van der Waals surface area contributed by atoms with E-state index >= 15 is 0 Å². The van der Waals surface area contributed by atoms with Crippen molar-refractivity contribution in [2.45, 2.75) is 0 Å². The van der Waals surface area contributed by atoms with Gasteiger partial charge in [-0.15, -0.1) is 0 Å². The molecule has 0 atom stereocenters. The van der Waals surface area contributed by atoms with Crippen LogP contribution in [0.3, 0.4) is 0 Å². The van der Waals surface area contributed by atoms with Crippen LogP contribution < -0.4 is 0 Å². The zero-order valence-corrected chi connectivity index (χ0v) is 8.77. The van der Waals surface area contributed by atoms with Gasteiger partial charge in [0.15, 0.2) is 0 Å². The van der Waals surface area contributed by atoms with Gasteiger partial charge in [-0.3, -0.25) is 0 Å². The number of benzene rings is 1. The summed E-state index contributed by atoms with van der Waals surface area (Å²) in [5, 5.41) is 0.883. The van der Waals surface area contributed by atoms with Crippen LogP contribution >= 0.6 is 0 Å². The Hall–Kier alpha value is -2.03. The van der Waals surface area contributed by atoms with Crippen molar-refractivity contribution in [2.75, 3.05) is 0 Å². The topological polar surface area (TPSA) is 18.1 Å². The Kier molecular flexibility index (Phi) is 1.86. The van der Waals surface area contributed by atoms with Gasteiger partial charge in [0.25, 0.3) is 0 Å². The molecule has 16 heavy (non-hydrogen) atoms. The van der Waals surface area contributed by atoms with E-state index in [1.54, 1.807) is 12.3 Å². The van der Waals surface area contributed by atoms with Crippen LogP contribution in [0.1, 0.15) is 0 Å². The number of rotatable bonds is 1. The van der Waals surface area contributed by atoms with Crippen LogP contribution in [0.15, 0.2) is 47.2 Å². The van der Waals surface area contributed by atoms with Gasteiger partial charge >= 0.3 is 0 Å². The largest absolute Gasteiger partial charge is 0.464 e. The summed E-state index contributed by atoms with van der Waals surface area (Å²) in [5.74, 6) is 0.441. The fourth-order valence-electron chi connectivity index (χ4n) is 2.03. The fraction of sp³-hybridized carbons (Fsp3) is 0.0769. The van der Waals surface area contributed by atoms with E-state index in [1.807, 2.05) is 29.9 Å². The second-order valence-corrected chi connectivity index (χ2v) is 3.80. The minimum absolute atomic E-state index is 0.245. The van der Waals surface area contributed by atoms with Crippen molar-refractivity contribution in [1.29, 1.82) is 0 Å². The summed E-state index contributed by atoms with van der Waals surface area (Å²) in [6, 6.07) is 8.56. The smallest absolute Gasteiger partial charge is 0.136 e. The van der Waals surface area contributed by atoms with Gasteiger partial charge in [0, 0.05) is 24.2 Å². The number of fused-ring (bicyclic) bond motifs is 1. The first-order chi connectivity index (χ1) is 7.75. The van der Waals surface area contributed by atoms with E-state index in [2.05, 4.69) is 0 Å². The van der Waals surface area contributed by atoms with Crippen molar-refractivity contribution in [3.05, 3.63) is 48.6 Å². The number of nitrogens with zero attached hydrogens (tertiary/aromatic N) is 1. The lowest BCUT2D eigenvalue weighted by Gasteiger charge is -2.04. The highest BCUT2D eigenvalue weighted by Gasteiger charge is 2.11. The van der Waals surface area contributed by atoms with Crippen LogP contribution in [-0.4, -0.2) is 4.57 Å². The van der Waals surface area contributed by atoms with E-state index in [0.29, 0.717) is 5.76 Å². The summed E-state index contributed by atoms with van der Waals surface area (Å²) < 4.78 is 20.7. The number of hydrogen-bond donors (Lipinski definition) is 0. The zero-order valence-electron chi connectivity index (χ0n) is 8.77. The Morgan fingerprint density at radius 3 is 2.88 bits per heavy atom. The van der Waals surface area contributed by atoms with Gasteiger partial charge in [0.2, 0.25) is 0 Å². The molecule has 0 amide bonds. The van der Waals surface area contributed by atoms with Gasteiger partial charge in [0.1, 0.15) is 11.6 Å². The molecule has 80 valence electrons. The molecular formula is C13H10FNO. The lowest BCUT2D eigenvalue weighted by molar-refractivity contribution is 0.580. The molecule has 1 aromatic carbocycles. The number of halogens is 1. The molecule has 2 nitrogen and oxygen atoms in total. The molecule has 0 radical (unpaired) electrons. The highest BCUT2D eigenvalue weighted by atomic mass is 19.1. The maximum atomic E-state index is 13.4. The fourth-order valence-corrected chi connectivity index (χ4v) is 2.03. The Balaban J connectivity index is 2.42. The summed E-state index contributed by atoms with van der Waals surface area (Å²) in [7, 11) is 1.94. The summed E-state index contributed by atoms with van der Waals surface area (Å²) in [5.41, 5.74) is 1.77. The first kappa shape index (κ1) is 9.21.